The van der Waals surface area contributed by atoms with E-state index in [2.05, 4.69) is 15.4 Å². The maximum atomic E-state index is 12.2. The van der Waals surface area contributed by atoms with E-state index in [4.69, 9.17) is 4.74 Å². The van der Waals surface area contributed by atoms with Crippen LogP contribution in [0.4, 0.5) is 4.79 Å². The molecule has 2 rings (SSSR count). The van der Waals surface area contributed by atoms with Gasteiger partial charge in [0.1, 0.15) is 5.54 Å². The van der Waals surface area contributed by atoms with Gasteiger partial charge in [-0.25, -0.2) is 22.7 Å². The molecule has 8 nitrogen and oxygen atoms in total. The molecule has 9 heteroatoms. The number of ether oxygens (including phenoxy) is 1. The SMILES string of the molecule is CCOC(=O)C1(NC(=O)NCCNS(=O)(=O)c2ccc(C)cc2)CC1(C)C. The molecule has 0 aliphatic heterocycles. The number of aryl methyl sites for hydroxylation is 1. The number of nitrogens with one attached hydrogen (secondary N) is 3. The van der Waals surface area contributed by atoms with Crippen molar-refractivity contribution in [1.29, 1.82) is 0 Å². The Morgan fingerprint density at radius 1 is 1.15 bits per heavy atom. The lowest BCUT2D eigenvalue weighted by Gasteiger charge is -2.20. The molecule has 1 aromatic rings. The zero-order valence-corrected chi connectivity index (χ0v) is 16.9. The molecule has 0 bridgehead atoms. The van der Waals surface area contributed by atoms with Gasteiger partial charge in [0.15, 0.2) is 0 Å². The molecular weight excluding hydrogens is 370 g/mol. The van der Waals surface area contributed by atoms with Gasteiger partial charge in [-0.05, 0) is 32.4 Å². The summed E-state index contributed by atoms with van der Waals surface area (Å²) in [5, 5.41) is 5.24. The van der Waals surface area contributed by atoms with Gasteiger partial charge >= 0.3 is 12.0 Å². The number of carbonyl (C=O) groups excluding carboxylic acids is 2. The van der Waals surface area contributed by atoms with Crippen molar-refractivity contribution in [3.05, 3.63) is 29.8 Å². The van der Waals surface area contributed by atoms with Gasteiger partial charge in [-0.15, -0.1) is 0 Å². The third kappa shape index (κ3) is 4.78. The number of amides is 2. The van der Waals surface area contributed by atoms with Crippen molar-refractivity contribution in [2.75, 3.05) is 19.7 Å². The fraction of sp³-hybridized carbons (Fsp3) is 0.556. The van der Waals surface area contributed by atoms with Crippen molar-refractivity contribution < 1.29 is 22.7 Å². The molecule has 1 aliphatic carbocycles. The summed E-state index contributed by atoms with van der Waals surface area (Å²) in [6, 6.07) is 5.94. The Morgan fingerprint density at radius 2 is 1.74 bits per heavy atom. The number of sulfonamides is 1. The highest BCUT2D eigenvalue weighted by Crippen LogP contribution is 2.56. The number of benzene rings is 1. The van der Waals surface area contributed by atoms with Gasteiger partial charge in [0.05, 0.1) is 11.5 Å². The standard InChI is InChI=1S/C18H27N3O5S/c1-5-26-15(22)18(12-17(18,3)4)21-16(23)19-10-11-20-27(24,25)14-8-6-13(2)7-9-14/h6-9,20H,5,10-12H2,1-4H3,(H2,19,21,23). The van der Waals surface area contributed by atoms with E-state index in [1.807, 2.05) is 20.8 Å². The van der Waals surface area contributed by atoms with Crippen LogP contribution in [0.1, 0.15) is 32.8 Å². The monoisotopic (exact) mass is 397 g/mol. The second-order valence-electron chi connectivity index (χ2n) is 7.28. The van der Waals surface area contributed by atoms with Crippen LogP contribution >= 0.6 is 0 Å². The molecule has 1 atom stereocenters. The van der Waals surface area contributed by atoms with Gasteiger partial charge in [0.2, 0.25) is 10.0 Å². The van der Waals surface area contributed by atoms with Gasteiger partial charge in [-0.2, -0.15) is 0 Å². The first-order chi connectivity index (χ1) is 12.5. The quantitative estimate of drug-likeness (QED) is 0.452. The van der Waals surface area contributed by atoms with Crippen LogP contribution in [-0.2, 0) is 19.6 Å². The normalized spacial score (nSPS) is 20.6. The Hall–Kier alpha value is -2.13. The molecule has 150 valence electrons. The van der Waals surface area contributed by atoms with Crippen LogP contribution in [0.15, 0.2) is 29.2 Å². The maximum Gasteiger partial charge on any atom is 0.332 e. The fourth-order valence-corrected chi connectivity index (χ4v) is 3.92. The highest BCUT2D eigenvalue weighted by molar-refractivity contribution is 7.89. The summed E-state index contributed by atoms with van der Waals surface area (Å²) in [6.07, 6.45) is 0.492. The fourth-order valence-electron chi connectivity index (χ4n) is 2.89. The Morgan fingerprint density at radius 3 is 2.26 bits per heavy atom. The Balaban J connectivity index is 1.82. The van der Waals surface area contributed by atoms with Crippen LogP contribution < -0.4 is 15.4 Å². The van der Waals surface area contributed by atoms with Crippen molar-refractivity contribution in [3.63, 3.8) is 0 Å². The van der Waals surface area contributed by atoms with E-state index in [9.17, 15) is 18.0 Å². The number of rotatable bonds is 8. The summed E-state index contributed by atoms with van der Waals surface area (Å²) >= 11 is 0. The average molecular weight is 397 g/mol. The van der Waals surface area contributed by atoms with Crippen LogP contribution in [0.3, 0.4) is 0 Å². The van der Waals surface area contributed by atoms with E-state index in [1.165, 1.54) is 12.1 Å². The van der Waals surface area contributed by atoms with Crippen molar-refractivity contribution >= 4 is 22.0 Å². The summed E-state index contributed by atoms with van der Waals surface area (Å²) in [4.78, 5) is 24.4. The molecule has 2 amide bonds. The minimum atomic E-state index is -3.63. The lowest BCUT2D eigenvalue weighted by Crippen LogP contribution is -2.52. The van der Waals surface area contributed by atoms with Crippen LogP contribution in [-0.4, -0.2) is 45.7 Å². The Bertz CT molecular complexity index is 805. The first-order valence-corrected chi connectivity index (χ1v) is 10.3. The maximum absolute atomic E-state index is 12.2. The highest BCUT2D eigenvalue weighted by Gasteiger charge is 2.68. The van der Waals surface area contributed by atoms with Crippen LogP contribution in [0.25, 0.3) is 0 Å². The van der Waals surface area contributed by atoms with Crippen molar-refractivity contribution in [1.82, 2.24) is 15.4 Å². The van der Waals surface area contributed by atoms with Gasteiger partial charge in [0.25, 0.3) is 0 Å². The van der Waals surface area contributed by atoms with Crippen molar-refractivity contribution in [2.24, 2.45) is 5.41 Å². The third-order valence-electron chi connectivity index (χ3n) is 4.72. The molecule has 0 radical (unpaired) electrons. The zero-order valence-electron chi connectivity index (χ0n) is 16.1. The Labute approximate surface area is 160 Å². The van der Waals surface area contributed by atoms with Crippen molar-refractivity contribution in [2.45, 2.75) is 44.6 Å². The van der Waals surface area contributed by atoms with Crippen molar-refractivity contribution in [3.8, 4) is 0 Å². The molecule has 1 aromatic carbocycles. The van der Waals surface area contributed by atoms with Crippen LogP contribution in [0.2, 0.25) is 0 Å². The number of urea groups is 1. The lowest BCUT2D eigenvalue weighted by molar-refractivity contribution is -0.147. The molecule has 27 heavy (non-hydrogen) atoms. The second kappa shape index (κ2) is 7.85. The molecule has 1 saturated carbocycles. The Kier molecular flexibility index (Phi) is 6.16. The minimum absolute atomic E-state index is 0.0272. The summed E-state index contributed by atoms with van der Waals surface area (Å²) < 4.78 is 31.8. The first kappa shape index (κ1) is 21.2. The molecule has 0 saturated heterocycles. The van der Waals surface area contributed by atoms with E-state index in [0.29, 0.717) is 6.42 Å². The predicted molar refractivity (Wildman–Crippen MR) is 101 cm³/mol. The highest BCUT2D eigenvalue weighted by atomic mass is 32.2. The van der Waals surface area contributed by atoms with E-state index in [-0.39, 0.29) is 30.0 Å². The summed E-state index contributed by atoms with van der Waals surface area (Å²) in [5.41, 5.74) is -0.455. The molecular formula is C18H27N3O5S. The minimum Gasteiger partial charge on any atom is -0.464 e. The van der Waals surface area contributed by atoms with Crippen LogP contribution in [0.5, 0.6) is 0 Å². The first-order valence-electron chi connectivity index (χ1n) is 8.84. The zero-order chi connectivity index (χ0) is 20.3. The predicted octanol–water partition coefficient (Wildman–Crippen LogP) is 1.30. The van der Waals surface area contributed by atoms with E-state index >= 15 is 0 Å². The number of hydrogen-bond acceptors (Lipinski definition) is 5. The molecule has 0 spiro atoms. The largest absolute Gasteiger partial charge is 0.464 e. The van der Waals surface area contributed by atoms with E-state index in [0.717, 1.165) is 5.56 Å². The third-order valence-corrected chi connectivity index (χ3v) is 6.20. The topological polar surface area (TPSA) is 114 Å². The smallest absolute Gasteiger partial charge is 0.332 e. The molecule has 1 unspecified atom stereocenters. The molecule has 1 fully saturated rings. The summed E-state index contributed by atoms with van der Waals surface area (Å²) in [5.74, 6) is -0.453. The summed E-state index contributed by atoms with van der Waals surface area (Å²) in [7, 11) is -3.63. The van der Waals surface area contributed by atoms with Gasteiger partial charge in [-0.3, -0.25) is 0 Å². The van der Waals surface area contributed by atoms with Gasteiger partial charge in [0, 0.05) is 18.5 Å². The average Bonchev–Trinajstić information content (AvgIpc) is 3.14. The van der Waals surface area contributed by atoms with E-state index in [1.54, 1.807) is 19.1 Å². The van der Waals surface area contributed by atoms with Gasteiger partial charge in [-0.1, -0.05) is 31.5 Å². The molecule has 0 aromatic heterocycles. The number of carbonyl (C=O) groups is 2. The van der Waals surface area contributed by atoms with E-state index < -0.39 is 27.6 Å². The number of hydrogen-bond donors (Lipinski definition) is 3. The van der Waals surface area contributed by atoms with Gasteiger partial charge < -0.3 is 15.4 Å². The lowest BCUT2D eigenvalue weighted by atomic mass is 10.1. The summed E-state index contributed by atoms with van der Waals surface area (Å²) in [6.45, 7) is 7.67. The molecule has 1 aliphatic rings. The molecule has 0 heterocycles. The van der Waals surface area contributed by atoms with Crippen LogP contribution in [0, 0.1) is 12.3 Å². The number of esters is 1. The second-order valence-corrected chi connectivity index (χ2v) is 9.05. The molecule has 3 N–H and O–H groups in total.